The average Bonchev–Trinajstić information content (AvgIpc) is 3.05. The molecule has 2 saturated heterocycles. The summed E-state index contributed by atoms with van der Waals surface area (Å²) in [6.45, 7) is 8.15. The van der Waals surface area contributed by atoms with E-state index < -0.39 is 5.60 Å². The molecule has 0 radical (unpaired) electrons. The van der Waals surface area contributed by atoms with Gasteiger partial charge in [-0.3, -0.25) is 9.69 Å². The zero-order chi connectivity index (χ0) is 19.4. The van der Waals surface area contributed by atoms with Crippen LogP contribution in [0, 0.1) is 0 Å². The van der Waals surface area contributed by atoms with E-state index in [1.807, 2.05) is 56.0 Å². The summed E-state index contributed by atoms with van der Waals surface area (Å²) in [6, 6.07) is 9.59. The Hall–Kier alpha value is -2.12. The van der Waals surface area contributed by atoms with E-state index in [1.54, 1.807) is 4.90 Å². The topological polar surface area (TPSA) is 68.3 Å². The van der Waals surface area contributed by atoms with Crippen molar-refractivity contribution in [2.24, 2.45) is 0 Å². The van der Waals surface area contributed by atoms with Crippen molar-refractivity contribution in [2.75, 3.05) is 32.8 Å². The Balaban J connectivity index is 1.52. The number of hydrogen-bond acceptors (Lipinski definition) is 6. The van der Waals surface area contributed by atoms with Gasteiger partial charge < -0.3 is 19.1 Å². The van der Waals surface area contributed by atoms with Crippen LogP contribution in [0.3, 0.4) is 0 Å². The first-order chi connectivity index (χ1) is 12.8. The van der Waals surface area contributed by atoms with Crippen LogP contribution in [0.15, 0.2) is 30.3 Å². The van der Waals surface area contributed by atoms with Crippen LogP contribution >= 0.6 is 0 Å². The Labute approximate surface area is 160 Å². The third-order valence-electron chi connectivity index (χ3n) is 4.64. The number of amides is 1. The lowest BCUT2D eigenvalue weighted by atomic mass is 10.1. The van der Waals surface area contributed by atoms with Crippen LogP contribution in [0.4, 0.5) is 4.79 Å². The van der Waals surface area contributed by atoms with Gasteiger partial charge in [-0.2, -0.15) is 0 Å². The van der Waals surface area contributed by atoms with E-state index in [9.17, 15) is 9.59 Å². The molecule has 148 valence electrons. The minimum atomic E-state index is -0.535. The van der Waals surface area contributed by atoms with Crippen LogP contribution in [0.5, 0.6) is 0 Å². The summed E-state index contributed by atoms with van der Waals surface area (Å²) in [4.78, 5) is 28.3. The monoisotopic (exact) mass is 376 g/mol. The molecule has 27 heavy (non-hydrogen) atoms. The molecule has 0 aliphatic carbocycles. The van der Waals surface area contributed by atoms with Crippen LogP contribution < -0.4 is 0 Å². The second kappa shape index (κ2) is 8.27. The molecule has 2 aliphatic rings. The summed E-state index contributed by atoms with van der Waals surface area (Å²) in [7, 11) is 0. The van der Waals surface area contributed by atoms with Crippen molar-refractivity contribution in [3.05, 3.63) is 35.9 Å². The number of carbonyl (C=O) groups excluding carboxylic acids is 2. The van der Waals surface area contributed by atoms with E-state index in [0.29, 0.717) is 26.2 Å². The Morgan fingerprint density at radius 1 is 1.19 bits per heavy atom. The second-order valence-corrected chi connectivity index (χ2v) is 7.98. The van der Waals surface area contributed by atoms with E-state index in [4.69, 9.17) is 14.2 Å². The lowest BCUT2D eigenvalue weighted by molar-refractivity contribution is -0.149. The molecule has 0 N–H and O–H groups in total. The summed E-state index contributed by atoms with van der Waals surface area (Å²) < 4.78 is 16.7. The predicted octanol–water partition coefficient (Wildman–Crippen LogP) is 2.05. The van der Waals surface area contributed by atoms with Gasteiger partial charge in [0.2, 0.25) is 0 Å². The summed E-state index contributed by atoms with van der Waals surface area (Å²) in [5.41, 5.74) is 0.426. The number of morpholine rings is 1. The van der Waals surface area contributed by atoms with Gasteiger partial charge in [-0.25, -0.2) is 4.79 Å². The zero-order valence-electron chi connectivity index (χ0n) is 16.2. The maximum atomic E-state index is 12.3. The molecule has 0 unspecified atom stereocenters. The number of ether oxygens (including phenoxy) is 3. The normalized spacial score (nSPS) is 23.0. The Morgan fingerprint density at radius 3 is 2.63 bits per heavy atom. The maximum absolute atomic E-state index is 12.3. The molecule has 1 aromatic carbocycles. The van der Waals surface area contributed by atoms with Gasteiger partial charge in [0.15, 0.2) is 0 Å². The van der Waals surface area contributed by atoms with Crippen LogP contribution in [0.2, 0.25) is 0 Å². The number of rotatable bonds is 4. The van der Waals surface area contributed by atoms with Gasteiger partial charge in [0.1, 0.15) is 12.2 Å². The van der Waals surface area contributed by atoms with Gasteiger partial charge in [-0.1, -0.05) is 30.3 Å². The first-order valence-electron chi connectivity index (χ1n) is 9.35. The Kier molecular flexibility index (Phi) is 6.01. The molecule has 0 saturated carbocycles. The minimum Gasteiger partial charge on any atom is -0.460 e. The molecule has 2 aliphatic heterocycles. The fraction of sp³-hybridized carbons (Fsp3) is 0.600. The molecule has 2 heterocycles. The van der Waals surface area contributed by atoms with Gasteiger partial charge >= 0.3 is 12.1 Å². The molecule has 0 spiro atoms. The Bertz CT molecular complexity index is 658. The quantitative estimate of drug-likeness (QED) is 0.749. The van der Waals surface area contributed by atoms with Crippen LogP contribution in [0.25, 0.3) is 0 Å². The van der Waals surface area contributed by atoms with E-state index in [-0.39, 0.29) is 37.4 Å². The van der Waals surface area contributed by atoms with Gasteiger partial charge in [-0.15, -0.1) is 0 Å². The first kappa shape index (κ1) is 19.6. The SMILES string of the molecule is CC(C)(C)OC(=O)N1C[C@H]2OCCN(CC(=O)OCc3ccccc3)[C@H]2C1. The summed E-state index contributed by atoms with van der Waals surface area (Å²) in [5.74, 6) is -0.268. The van der Waals surface area contributed by atoms with Crippen molar-refractivity contribution in [3.8, 4) is 0 Å². The van der Waals surface area contributed by atoms with Gasteiger partial charge in [0, 0.05) is 13.1 Å². The summed E-state index contributed by atoms with van der Waals surface area (Å²) in [6.07, 6.45) is -0.444. The average molecular weight is 376 g/mol. The van der Waals surface area contributed by atoms with Gasteiger partial charge in [0.05, 0.1) is 31.8 Å². The number of likely N-dealkylation sites (tertiary alicyclic amines) is 1. The molecule has 3 rings (SSSR count). The van der Waals surface area contributed by atoms with Crippen molar-refractivity contribution < 1.29 is 23.8 Å². The molecule has 1 aromatic rings. The third kappa shape index (κ3) is 5.43. The summed E-state index contributed by atoms with van der Waals surface area (Å²) in [5, 5.41) is 0. The predicted molar refractivity (Wildman–Crippen MR) is 99.1 cm³/mol. The van der Waals surface area contributed by atoms with Crippen LogP contribution in [-0.2, 0) is 25.6 Å². The molecule has 2 atom stereocenters. The van der Waals surface area contributed by atoms with Crippen molar-refractivity contribution >= 4 is 12.1 Å². The third-order valence-corrected chi connectivity index (χ3v) is 4.64. The number of benzene rings is 1. The number of esters is 1. The van der Waals surface area contributed by atoms with Crippen molar-refractivity contribution in [1.82, 2.24) is 9.80 Å². The van der Waals surface area contributed by atoms with Crippen molar-refractivity contribution in [1.29, 1.82) is 0 Å². The minimum absolute atomic E-state index is 0.0180. The number of fused-ring (bicyclic) bond motifs is 1. The van der Waals surface area contributed by atoms with E-state index in [0.717, 1.165) is 5.56 Å². The maximum Gasteiger partial charge on any atom is 0.410 e. The highest BCUT2D eigenvalue weighted by Crippen LogP contribution is 2.24. The van der Waals surface area contributed by atoms with Crippen LogP contribution in [0.1, 0.15) is 26.3 Å². The number of nitrogens with zero attached hydrogens (tertiary/aromatic N) is 2. The molecule has 1 amide bonds. The smallest absolute Gasteiger partial charge is 0.410 e. The van der Waals surface area contributed by atoms with Crippen molar-refractivity contribution in [2.45, 2.75) is 45.1 Å². The molecule has 0 bridgehead atoms. The van der Waals surface area contributed by atoms with Crippen molar-refractivity contribution in [3.63, 3.8) is 0 Å². The van der Waals surface area contributed by atoms with E-state index in [1.165, 1.54) is 0 Å². The lowest BCUT2D eigenvalue weighted by Crippen LogP contribution is -2.52. The highest BCUT2D eigenvalue weighted by molar-refractivity contribution is 5.72. The lowest BCUT2D eigenvalue weighted by Gasteiger charge is -2.35. The first-order valence-corrected chi connectivity index (χ1v) is 9.35. The fourth-order valence-electron chi connectivity index (χ4n) is 3.38. The van der Waals surface area contributed by atoms with E-state index in [2.05, 4.69) is 0 Å². The molecule has 0 aromatic heterocycles. The highest BCUT2D eigenvalue weighted by atomic mass is 16.6. The molecule has 2 fully saturated rings. The summed E-state index contributed by atoms with van der Waals surface area (Å²) >= 11 is 0. The largest absolute Gasteiger partial charge is 0.460 e. The highest BCUT2D eigenvalue weighted by Gasteiger charge is 2.43. The zero-order valence-corrected chi connectivity index (χ0v) is 16.2. The van der Waals surface area contributed by atoms with Gasteiger partial charge in [0.25, 0.3) is 0 Å². The molecule has 7 heteroatoms. The fourth-order valence-corrected chi connectivity index (χ4v) is 3.38. The van der Waals surface area contributed by atoms with Crippen LogP contribution in [-0.4, -0.2) is 72.4 Å². The van der Waals surface area contributed by atoms with E-state index >= 15 is 0 Å². The molecular formula is C20H28N2O5. The Morgan fingerprint density at radius 2 is 1.93 bits per heavy atom. The second-order valence-electron chi connectivity index (χ2n) is 7.98. The number of hydrogen-bond donors (Lipinski definition) is 0. The standard InChI is InChI=1S/C20H28N2O5/c1-20(2,3)27-19(24)22-11-16-17(12-22)25-10-9-21(16)13-18(23)26-14-15-7-5-4-6-8-15/h4-8,16-17H,9-14H2,1-3H3/t16-,17+/m0/s1. The molecule has 7 nitrogen and oxygen atoms in total. The number of carbonyl (C=O) groups is 2. The molecular weight excluding hydrogens is 348 g/mol. The van der Waals surface area contributed by atoms with Gasteiger partial charge in [-0.05, 0) is 26.3 Å².